The zero-order valence-electron chi connectivity index (χ0n) is 14.7. The fourth-order valence-electron chi connectivity index (χ4n) is 3.29. The van der Waals surface area contributed by atoms with Gasteiger partial charge in [-0.2, -0.15) is 4.31 Å². The van der Waals surface area contributed by atoms with Crippen LogP contribution < -0.4 is 0 Å². The maximum Gasteiger partial charge on any atom is 0.324 e. The number of rotatable bonds is 4. The number of benzene rings is 1. The van der Waals surface area contributed by atoms with Crippen molar-refractivity contribution in [3.05, 3.63) is 40.5 Å². The van der Waals surface area contributed by atoms with E-state index in [1.807, 2.05) is 31.2 Å². The highest BCUT2D eigenvalue weighted by Crippen LogP contribution is 2.28. The zero-order valence-corrected chi connectivity index (χ0v) is 16.3. The second kappa shape index (κ2) is 7.50. The lowest BCUT2D eigenvalue weighted by Crippen LogP contribution is -2.48. The van der Waals surface area contributed by atoms with Gasteiger partial charge >= 0.3 is 5.97 Å². The summed E-state index contributed by atoms with van der Waals surface area (Å²) < 4.78 is 30.4. The molecule has 1 fully saturated rings. The van der Waals surface area contributed by atoms with Crippen molar-refractivity contribution in [1.82, 2.24) is 9.29 Å². The number of para-hydroxylation sites is 1. The standard InChI is InChI=1S/C18H21ClN2O4S/c1-12-13-7-3-4-8-14(13)20-15(17(12)19)11-25-18(22)16-9-5-6-10-21(16)26(2,23)24/h3-4,7-8,16H,5-6,9-11H2,1-2H3/t16-/m1/s1. The van der Waals surface area contributed by atoms with E-state index in [-0.39, 0.29) is 6.61 Å². The van der Waals surface area contributed by atoms with Gasteiger partial charge in [0.25, 0.3) is 0 Å². The number of halogens is 1. The number of fused-ring (bicyclic) bond motifs is 1. The number of piperidine rings is 1. The molecule has 0 aliphatic carbocycles. The second-order valence-corrected chi connectivity index (χ2v) is 8.82. The van der Waals surface area contributed by atoms with Gasteiger partial charge < -0.3 is 4.74 Å². The van der Waals surface area contributed by atoms with E-state index in [4.69, 9.17) is 16.3 Å². The highest BCUT2D eigenvalue weighted by atomic mass is 35.5. The summed E-state index contributed by atoms with van der Waals surface area (Å²) in [5, 5.41) is 1.41. The molecule has 6 nitrogen and oxygen atoms in total. The number of nitrogens with zero attached hydrogens (tertiary/aromatic N) is 2. The average molecular weight is 397 g/mol. The fourth-order valence-corrected chi connectivity index (χ4v) is 4.60. The van der Waals surface area contributed by atoms with E-state index in [0.29, 0.717) is 23.7 Å². The van der Waals surface area contributed by atoms with Gasteiger partial charge in [-0.1, -0.05) is 29.8 Å². The summed E-state index contributed by atoms with van der Waals surface area (Å²) in [5.41, 5.74) is 2.12. The van der Waals surface area contributed by atoms with Crippen LogP contribution in [0, 0.1) is 6.92 Å². The number of carbonyl (C=O) groups is 1. The molecule has 2 heterocycles. The molecule has 1 saturated heterocycles. The molecule has 0 spiro atoms. The van der Waals surface area contributed by atoms with Gasteiger partial charge in [-0.05, 0) is 37.8 Å². The van der Waals surface area contributed by atoms with Crippen molar-refractivity contribution in [2.45, 2.75) is 38.8 Å². The van der Waals surface area contributed by atoms with Crippen LogP contribution in [0.15, 0.2) is 24.3 Å². The van der Waals surface area contributed by atoms with Crippen LogP contribution in [-0.4, -0.2) is 42.5 Å². The Labute approximate surface area is 158 Å². The number of hydrogen-bond acceptors (Lipinski definition) is 5. The summed E-state index contributed by atoms with van der Waals surface area (Å²) in [4.78, 5) is 17.0. The molecule has 1 atom stereocenters. The number of sulfonamides is 1. The first-order valence-corrected chi connectivity index (χ1v) is 10.7. The molecule has 1 aromatic heterocycles. The van der Waals surface area contributed by atoms with Crippen LogP contribution in [0.25, 0.3) is 10.9 Å². The van der Waals surface area contributed by atoms with Crippen molar-refractivity contribution in [2.75, 3.05) is 12.8 Å². The second-order valence-electron chi connectivity index (χ2n) is 6.51. The summed E-state index contributed by atoms with van der Waals surface area (Å²) in [6, 6.07) is 6.82. The van der Waals surface area contributed by atoms with E-state index < -0.39 is 22.0 Å². The minimum Gasteiger partial charge on any atom is -0.458 e. The molecule has 1 aromatic carbocycles. The summed E-state index contributed by atoms with van der Waals surface area (Å²) in [5.74, 6) is -0.557. The maximum atomic E-state index is 12.5. The molecular weight excluding hydrogens is 376 g/mol. The SMILES string of the molecule is Cc1c(Cl)c(COC(=O)[C@H]2CCCCN2S(C)(=O)=O)nc2ccccc12. The van der Waals surface area contributed by atoms with Crippen molar-refractivity contribution >= 4 is 38.5 Å². The lowest BCUT2D eigenvalue weighted by atomic mass is 10.1. The molecule has 8 heteroatoms. The zero-order chi connectivity index (χ0) is 18.9. The predicted molar refractivity (Wildman–Crippen MR) is 100 cm³/mol. The van der Waals surface area contributed by atoms with E-state index in [2.05, 4.69) is 4.98 Å². The van der Waals surface area contributed by atoms with Crippen LogP contribution in [0.3, 0.4) is 0 Å². The van der Waals surface area contributed by atoms with Crippen molar-refractivity contribution < 1.29 is 17.9 Å². The van der Waals surface area contributed by atoms with Crippen LogP contribution in [0.2, 0.25) is 5.02 Å². The monoisotopic (exact) mass is 396 g/mol. The molecule has 1 aliphatic rings. The molecule has 0 unspecified atom stereocenters. The Hall–Kier alpha value is -1.70. The first-order chi connectivity index (χ1) is 12.3. The number of aromatic nitrogens is 1. The summed E-state index contributed by atoms with van der Waals surface area (Å²) in [6.07, 6.45) is 3.11. The number of hydrogen-bond donors (Lipinski definition) is 0. The van der Waals surface area contributed by atoms with Crippen LogP contribution in [0.4, 0.5) is 0 Å². The van der Waals surface area contributed by atoms with Crippen LogP contribution in [0.5, 0.6) is 0 Å². The Morgan fingerprint density at radius 3 is 2.81 bits per heavy atom. The van der Waals surface area contributed by atoms with E-state index in [1.165, 1.54) is 4.31 Å². The van der Waals surface area contributed by atoms with Gasteiger partial charge in [0, 0.05) is 11.9 Å². The van der Waals surface area contributed by atoms with Gasteiger partial charge in [-0.25, -0.2) is 13.4 Å². The molecule has 0 bridgehead atoms. The van der Waals surface area contributed by atoms with E-state index in [9.17, 15) is 13.2 Å². The predicted octanol–water partition coefficient (Wildman–Crippen LogP) is 3.05. The van der Waals surface area contributed by atoms with Crippen LogP contribution in [0.1, 0.15) is 30.5 Å². The first-order valence-electron chi connectivity index (χ1n) is 8.46. The minimum absolute atomic E-state index is 0.0859. The van der Waals surface area contributed by atoms with Crippen molar-refractivity contribution in [3.63, 3.8) is 0 Å². The summed E-state index contributed by atoms with van der Waals surface area (Å²) in [7, 11) is -3.46. The lowest BCUT2D eigenvalue weighted by molar-refractivity contribution is -0.150. The van der Waals surface area contributed by atoms with Gasteiger partial charge in [0.2, 0.25) is 10.0 Å². The number of ether oxygens (including phenoxy) is 1. The Balaban J connectivity index is 1.79. The normalized spacial score (nSPS) is 18.8. The third kappa shape index (κ3) is 3.84. The van der Waals surface area contributed by atoms with Crippen molar-refractivity contribution in [3.8, 4) is 0 Å². The quantitative estimate of drug-likeness (QED) is 0.742. The number of esters is 1. The van der Waals surface area contributed by atoms with Crippen LogP contribution in [-0.2, 0) is 26.2 Å². The number of aryl methyl sites for hydroxylation is 1. The van der Waals surface area contributed by atoms with E-state index >= 15 is 0 Å². The molecular formula is C18H21ClN2O4S. The third-order valence-corrected chi connectivity index (χ3v) is 6.44. The van der Waals surface area contributed by atoms with Gasteiger partial charge in [0.05, 0.1) is 22.5 Å². The Bertz CT molecular complexity index is 946. The molecule has 0 saturated carbocycles. The molecule has 2 aromatic rings. The van der Waals surface area contributed by atoms with Gasteiger partial charge in [-0.15, -0.1) is 0 Å². The molecule has 0 amide bonds. The first kappa shape index (κ1) is 19.1. The van der Waals surface area contributed by atoms with Crippen molar-refractivity contribution in [1.29, 1.82) is 0 Å². The smallest absolute Gasteiger partial charge is 0.324 e. The highest BCUT2D eigenvalue weighted by Gasteiger charge is 2.35. The molecule has 26 heavy (non-hydrogen) atoms. The highest BCUT2D eigenvalue weighted by molar-refractivity contribution is 7.88. The van der Waals surface area contributed by atoms with Crippen LogP contribution >= 0.6 is 11.6 Å². The largest absolute Gasteiger partial charge is 0.458 e. The molecule has 0 N–H and O–H groups in total. The molecule has 0 radical (unpaired) electrons. The van der Waals surface area contributed by atoms with Gasteiger partial charge in [0.15, 0.2) is 0 Å². The summed E-state index contributed by atoms with van der Waals surface area (Å²) >= 11 is 6.38. The molecule has 140 valence electrons. The number of carbonyl (C=O) groups excluding carboxylic acids is 1. The van der Waals surface area contributed by atoms with E-state index in [0.717, 1.165) is 35.6 Å². The fraction of sp³-hybridized carbons (Fsp3) is 0.444. The minimum atomic E-state index is -3.46. The Morgan fingerprint density at radius 2 is 2.08 bits per heavy atom. The van der Waals surface area contributed by atoms with Crippen molar-refractivity contribution in [2.24, 2.45) is 0 Å². The Morgan fingerprint density at radius 1 is 1.35 bits per heavy atom. The maximum absolute atomic E-state index is 12.5. The lowest BCUT2D eigenvalue weighted by Gasteiger charge is -2.31. The van der Waals surface area contributed by atoms with E-state index in [1.54, 1.807) is 0 Å². The average Bonchev–Trinajstić information content (AvgIpc) is 2.62. The number of pyridine rings is 1. The topological polar surface area (TPSA) is 76.6 Å². The van der Waals surface area contributed by atoms with Gasteiger partial charge in [-0.3, -0.25) is 4.79 Å². The summed E-state index contributed by atoms with van der Waals surface area (Å²) in [6.45, 7) is 2.15. The molecule has 3 rings (SSSR count). The third-order valence-electron chi connectivity index (χ3n) is 4.65. The van der Waals surface area contributed by atoms with Gasteiger partial charge in [0.1, 0.15) is 12.6 Å². The Kier molecular flexibility index (Phi) is 5.50. The molecule has 1 aliphatic heterocycles.